The molecule has 21 heavy (non-hydrogen) atoms. The first-order valence-corrected chi connectivity index (χ1v) is 6.13. The van der Waals surface area contributed by atoms with E-state index < -0.39 is 0 Å². The molecule has 1 aliphatic rings. The Kier molecular flexibility index (Phi) is 3.19. The second kappa shape index (κ2) is 5.02. The van der Waals surface area contributed by atoms with Crippen LogP contribution in [0.5, 0.6) is 0 Å². The Morgan fingerprint density at radius 2 is 2.10 bits per heavy atom. The molecule has 0 bridgehead atoms. The zero-order valence-electron chi connectivity index (χ0n) is 10.8. The van der Waals surface area contributed by atoms with Crippen LogP contribution in [0.15, 0.2) is 30.9 Å². The van der Waals surface area contributed by atoms with Crippen LogP contribution in [0, 0.1) is 0 Å². The summed E-state index contributed by atoms with van der Waals surface area (Å²) in [6.45, 7) is 0. The molecule has 4 rings (SSSR count). The molecule has 0 radical (unpaired) electrons. The molecule has 8 heteroatoms. The van der Waals surface area contributed by atoms with Crippen molar-refractivity contribution in [3.63, 3.8) is 0 Å². The maximum atomic E-state index is 11.3. The first-order chi connectivity index (χ1) is 9.79. The SMILES string of the molecule is Cl.O=C1Cc2cc(Nc3ncnc4nc[nH]c34)ccc2N1. The number of H-pyrrole nitrogens is 1. The average Bonchev–Trinajstić information content (AvgIpc) is 3.03. The van der Waals surface area contributed by atoms with Gasteiger partial charge in [0, 0.05) is 11.4 Å². The lowest BCUT2D eigenvalue weighted by Crippen LogP contribution is -2.03. The third-order valence-corrected chi connectivity index (χ3v) is 3.22. The van der Waals surface area contributed by atoms with E-state index in [0.717, 1.165) is 22.5 Å². The molecule has 0 spiro atoms. The van der Waals surface area contributed by atoms with E-state index in [-0.39, 0.29) is 18.3 Å². The topological polar surface area (TPSA) is 95.6 Å². The number of carbonyl (C=O) groups excluding carboxylic acids is 1. The van der Waals surface area contributed by atoms with Crippen molar-refractivity contribution in [1.82, 2.24) is 19.9 Å². The molecular formula is C13H11ClN6O. The average molecular weight is 303 g/mol. The summed E-state index contributed by atoms with van der Waals surface area (Å²) in [7, 11) is 0. The number of carbonyl (C=O) groups is 1. The molecule has 3 N–H and O–H groups in total. The van der Waals surface area contributed by atoms with Crippen molar-refractivity contribution in [2.24, 2.45) is 0 Å². The van der Waals surface area contributed by atoms with Gasteiger partial charge in [0.15, 0.2) is 11.5 Å². The van der Waals surface area contributed by atoms with Crippen LogP contribution >= 0.6 is 12.4 Å². The Hall–Kier alpha value is -2.67. The molecule has 1 amide bonds. The third-order valence-electron chi connectivity index (χ3n) is 3.22. The van der Waals surface area contributed by atoms with Crippen LogP contribution in [0.1, 0.15) is 5.56 Å². The smallest absolute Gasteiger partial charge is 0.228 e. The lowest BCUT2D eigenvalue weighted by molar-refractivity contribution is -0.115. The minimum atomic E-state index is 0. The molecule has 0 unspecified atom stereocenters. The predicted molar refractivity (Wildman–Crippen MR) is 81.0 cm³/mol. The summed E-state index contributed by atoms with van der Waals surface area (Å²) < 4.78 is 0. The first kappa shape index (κ1) is 13.3. The van der Waals surface area contributed by atoms with Crippen LogP contribution in [0.4, 0.5) is 17.2 Å². The zero-order valence-corrected chi connectivity index (χ0v) is 11.6. The maximum Gasteiger partial charge on any atom is 0.228 e. The van der Waals surface area contributed by atoms with Crippen LogP contribution in [-0.4, -0.2) is 25.8 Å². The Balaban J connectivity index is 0.00000132. The van der Waals surface area contributed by atoms with Gasteiger partial charge >= 0.3 is 0 Å². The van der Waals surface area contributed by atoms with E-state index in [1.54, 1.807) is 6.33 Å². The summed E-state index contributed by atoms with van der Waals surface area (Å²) in [6, 6.07) is 5.72. The van der Waals surface area contributed by atoms with Crippen molar-refractivity contribution in [3.8, 4) is 0 Å². The van der Waals surface area contributed by atoms with E-state index in [1.807, 2.05) is 18.2 Å². The summed E-state index contributed by atoms with van der Waals surface area (Å²) in [6.07, 6.45) is 3.45. The van der Waals surface area contributed by atoms with Crippen LogP contribution in [0.3, 0.4) is 0 Å². The normalized spacial score (nSPS) is 12.7. The molecule has 106 valence electrons. The Labute approximate surface area is 125 Å². The van der Waals surface area contributed by atoms with Gasteiger partial charge in [-0.15, -0.1) is 12.4 Å². The summed E-state index contributed by atoms with van der Waals surface area (Å²) in [5.41, 5.74) is 4.09. The van der Waals surface area contributed by atoms with Gasteiger partial charge in [-0.2, -0.15) is 0 Å². The quantitative estimate of drug-likeness (QED) is 0.673. The van der Waals surface area contributed by atoms with Crippen molar-refractivity contribution in [3.05, 3.63) is 36.4 Å². The predicted octanol–water partition coefficient (Wildman–Crippen LogP) is 2.01. The molecule has 0 atom stereocenters. The number of rotatable bonds is 2. The van der Waals surface area contributed by atoms with Gasteiger partial charge in [-0.1, -0.05) is 0 Å². The number of benzene rings is 1. The number of nitrogens with one attached hydrogen (secondary N) is 3. The maximum absolute atomic E-state index is 11.3. The monoisotopic (exact) mass is 302 g/mol. The van der Waals surface area contributed by atoms with Gasteiger partial charge in [-0.05, 0) is 23.8 Å². The van der Waals surface area contributed by atoms with Crippen molar-refractivity contribution in [2.45, 2.75) is 6.42 Å². The number of hydrogen-bond donors (Lipinski definition) is 3. The van der Waals surface area contributed by atoms with Crippen LogP contribution in [-0.2, 0) is 11.2 Å². The fourth-order valence-corrected chi connectivity index (χ4v) is 2.30. The molecule has 0 fully saturated rings. The second-order valence-electron chi connectivity index (χ2n) is 4.55. The minimum absolute atomic E-state index is 0. The van der Waals surface area contributed by atoms with Gasteiger partial charge in [0.25, 0.3) is 0 Å². The van der Waals surface area contributed by atoms with Gasteiger partial charge in [0.2, 0.25) is 5.91 Å². The summed E-state index contributed by atoms with van der Waals surface area (Å²) in [4.78, 5) is 26.7. The molecule has 1 aliphatic heterocycles. The van der Waals surface area contributed by atoms with Crippen molar-refractivity contribution >= 4 is 46.7 Å². The van der Waals surface area contributed by atoms with Crippen molar-refractivity contribution in [2.75, 3.05) is 10.6 Å². The highest BCUT2D eigenvalue weighted by Gasteiger charge is 2.17. The molecule has 1 aromatic carbocycles. The van der Waals surface area contributed by atoms with Crippen molar-refractivity contribution < 1.29 is 4.79 Å². The van der Waals surface area contributed by atoms with Crippen molar-refractivity contribution in [1.29, 1.82) is 0 Å². The number of amides is 1. The number of imidazole rings is 1. The van der Waals surface area contributed by atoms with E-state index in [4.69, 9.17) is 0 Å². The Morgan fingerprint density at radius 3 is 3.00 bits per heavy atom. The highest BCUT2D eigenvalue weighted by Crippen LogP contribution is 2.28. The van der Waals surface area contributed by atoms with Gasteiger partial charge in [-0.25, -0.2) is 15.0 Å². The number of aromatic nitrogens is 4. The number of hydrogen-bond acceptors (Lipinski definition) is 5. The van der Waals surface area contributed by atoms with Gasteiger partial charge in [0.1, 0.15) is 11.8 Å². The fourth-order valence-electron chi connectivity index (χ4n) is 2.30. The zero-order chi connectivity index (χ0) is 13.5. The highest BCUT2D eigenvalue weighted by molar-refractivity contribution is 5.99. The van der Waals surface area contributed by atoms with Crippen LogP contribution in [0.2, 0.25) is 0 Å². The molecule has 0 aliphatic carbocycles. The summed E-state index contributed by atoms with van der Waals surface area (Å²) in [5.74, 6) is 0.680. The Bertz CT molecular complexity index is 830. The molecule has 3 aromatic rings. The molecule has 0 saturated carbocycles. The van der Waals surface area contributed by atoms with E-state index in [1.165, 1.54) is 6.33 Å². The van der Waals surface area contributed by atoms with Crippen LogP contribution < -0.4 is 10.6 Å². The van der Waals surface area contributed by atoms with E-state index in [0.29, 0.717) is 17.9 Å². The summed E-state index contributed by atoms with van der Waals surface area (Å²) >= 11 is 0. The van der Waals surface area contributed by atoms with E-state index in [9.17, 15) is 4.79 Å². The van der Waals surface area contributed by atoms with E-state index in [2.05, 4.69) is 30.6 Å². The number of anilines is 3. The minimum Gasteiger partial charge on any atom is -0.340 e. The molecule has 7 nitrogen and oxygen atoms in total. The number of aromatic amines is 1. The Morgan fingerprint density at radius 1 is 1.19 bits per heavy atom. The molecule has 3 heterocycles. The standard InChI is InChI=1S/C13H10N6O.ClH/c20-10-4-7-3-8(1-2-9(7)19-10)18-13-11-12(15-5-14-11)16-6-17-13;/h1-3,5-6H,4H2,(H,19,20)(H2,14,15,16,17,18);1H. The van der Waals surface area contributed by atoms with E-state index >= 15 is 0 Å². The lowest BCUT2D eigenvalue weighted by Gasteiger charge is -2.07. The number of nitrogens with zero attached hydrogens (tertiary/aromatic N) is 3. The highest BCUT2D eigenvalue weighted by atomic mass is 35.5. The third kappa shape index (κ3) is 2.27. The van der Waals surface area contributed by atoms with Gasteiger partial charge in [-0.3, -0.25) is 4.79 Å². The lowest BCUT2D eigenvalue weighted by atomic mass is 10.1. The fraction of sp³-hybridized carbons (Fsp3) is 0.0769. The molecule has 2 aromatic heterocycles. The second-order valence-corrected chi connectivity index (χ2v) is 4.55. The van der Waals surface area contributed by atoms with Crippen LogP contribution in [0.25, 0.3) is 11.2 Å². The number of halogens is 1. The van der Waals surface area contributed by atoms with Gasteiger partial charge < -0.3 is 15.6 Å². The number of fused-ring (bicyclic) bond motifs is 2. The first-order valence-electron chi connectivity index (χ1n) is 6.13. The molecular weight excluding hydrogens is 292 g/mol. The summed E-state index contributed by atoms with van der Waals surface area (Å²) in [5, 5.41) is 6.02. The van der Waals surface area contributed by atoms with Gasteiger partial charge in [0.05, 0.1) is 12.7 Å². The molecule has 0 saturated heterocycles. The largest absolute Gasteiger partial charge is 0.340 e.